The minimum Gasteiger partial charge on any atom is -0.497 e. The number of imidazole rings is 1. The van der Waals surface area contributed by atoms with Crippen molar-refractivity contribution in [2.45, 2.75) is 6.92 Å². The molecule has 0 saturated carbocycles. The fourth-order valence-corrected chi connectivity index (χ4v) is 4.51. The Morgan fingerprint density at radius 1 is 1.35 bits per heavy atom. The van der Waals surface area contributed by atoms with E-state index in [0.717, 1.165) is 32.9 Å². The normalized spacial score (nSPS) is 11.0. The Balaban J connectivity index is 1.61. The lowest BCUT2D eigenvalue weighted by Gasteiger charge is -2.01. The van der Waals surface area contributed by atoms with Crippen LogP contribution in [0.25, 0.3) is 21.6 Å². The first-order valence-corrected chi connectivity index (χ1v) is 9.58. The van der Waals surface area contributed by atoms with E-state index in [4.69, 9.17) is 4.74 Å². The summed E-state index contributed by atoms with van der Waals surface area (Å²) in [5.41, 5.74) is 1.69. The summed E-state index contributed by atoms with van der Waals surface area (Å²) in [5.74, 6) is 1.40. The predicted octanol–water partition coefficient (Wildman–Crippen LogP) is 4.33. The van der Waals surface area contributed by atoms with Crippen LogP contribution in [0.15, 0.2) is 36.0 Å². The van der Waals surface area contributed by atoms with E-state index in [0.29, 0.717) is 10.0 Å². The number of hydrogen-bond acceptors (Lipinski definition) is 6. The van der Waals surface area contributed by atoms with Gasteiger partial charge >= 0.3 is 0 Å². The summed E-state index contributed by atoms with van der Waals surface area (Å²) in [6.07, 6.45) is 3.59. The Hall–Kier alpha value is -2.71. The van der Waals surface area contributed by atoms with Crippen molar-refractivity contribution in [2.24, 2.45) is 7.05 Å². The minimum atomic E-state index is -0.150. The monoisotopic (exact) mass is 384 g/mol. The predicted molar refractivity (Wildman–Crippen MR) is 105 cm³/mol. The zero-order valence-corrected chi connectivity index (χ0v) is 16.1. The van der Waals surface area contributed by atoms with Gasteiger partial charge in [-0.15, -0.1) is 22.7 Å². The standard InChI is InChI=1S/C18H16N4O2S2/c1-10-12-8-11(24-3)4-5-14(12)26-15(10)17(23)21-18-20-13(9-25-18)16-19-6-7-22(16)2/h4-9H,1-3H3,(H,20,21,23). The molecule has 0 aliphatic rings. The fraction of sp³-hybridized carbons (Fsp3) is 0.167. The molecule has 4 aromatic rings. The lowest BCUT2D eigenvalue weighted by Crippen LogP contribution is -2.11. The van der Waals surface area contributed by atoms with Crippen LogP contribution in [0.3, 0.4) is 0 Å². The molecular formula is C18H16N4O2S2. The van der Waals surface area contributed by atoms with Crippen LogP contribution in [-0.4, -0.2) is 27.6 Å². The number of aromatic nitrogens is 3. The lowest BCUT2D eigenvalue weighted by molar-refractivity contribution is 0.103. The van der Waals surface area contributed by atoms with Crippen molar-refractivity contribution in [3.8, 4) is 17.3 Å². The maximum absolute atomic E-state index is 12.7. The first kappa shape index (κ1) is 16.7. The van der Waals surface area contributed by atoms with Gasteiger partial charge in [-0.2, -0.15) is 0 Å². The number of carbonyl (C=O) groups excluding carboxylic acids is 1. The summed E-state index contributed by atoms with van der Waals surface area (Å²) in [4.78, 5) is 22.2. The number of methoxy groups -OCH3 is 1. The number of nitrogens with one attached hydrogen (secondary N) is 1. The zero-order chi connectivity index (χ0) is 18.3. The highest BCUT2D eigenvalue weighted by atomic mass is 32.1. The van der Waals surface area contributed by atoms with E-state index in [1.165, 1.54) is 22.7 Å². The number of hydrogen-bond donors (Lipinski definition) is 1. The highest BCUT2D eigenvalue weighted by molar-refractivity contribution is 7.21. The Morgan fingerprint density at radius 3 is 2.92 bits per heavy atom. The number of anilines is 1. The number of nitrogens with zero attached hydrogens (tertiary/aromatic N) is 3. The van der Waals surface area contributed by atoms with E-state index < -0.39 is 0 Å². The van der Waals surface area contributed by atoms with E-state index in [9.17, 15) is 4.79 Å². The second-order valence-electron chi connectivity index (χ2n) is 5.77. The number of thiazole rings is 1. The van der Waals surface area contributed by atoms with Crippen LogP contribution in [0, 0.1) is 6.92 Å². The molecule has 1 aromatic carbocycles. The number of thiophene rings is 1. The van der Waals surface area contributed by atoms with Gasteiger partial charge in [-0.05, 0) is 36.1 Å². The van der Waals surface area contributed by atoms with Gasteiger partial charge in [0.2, 0.25) is 0 Å². The SMILES string of the molecule is COc1ccc2sc(C(=O)Nc3nc(-c4nccn4C)cs3)c(C)c2c1. The van der Waals surface area contributed by atoms with Crippen LogP contribution in [0.4, 0.5) is 5.13 Å². The van der Waals surface area contributed by atoms with E-state index >= 15 is 0 Å². The molecule has 0 spiro atoms. The van der Waals surface area contributed by atoms with E-state index in [1.54, 1.807) is 13.3 Å². The van der Waals surface area contributed by atoms with Crippen LogP contribution in [-0.2, 0) is 7.05 Å². The number of aryl methyl sites for hydroxylation is 2. The van der Waals surface area contributed by atoms with Crippen molar-refractivity contribution in [1.29, 1.82) is 0 Å². The average Bonchev–Trinajstić information content (AvgIpc) is 3.34. The van der Waals surface area contributed by atoms with Crippen molar-refractivity contribution in [1.82, 2.24) is 14.5 Å². The molecule has 0 saturated heterocycles. The van der Waals surface area contributed by atoms with Crippen LogP contribution in [0.5, 0.6) is 5.75 Å². The molecule has 0 radical (unpaired) electrons. The van der Waals surface area contributed by atoms with Crippen LogP contribution < -0.4 is 10.1 Å². The Morgan fingerprint density at radius 2 is 2.19 bits per heavy atom. The largest absolute Gasteiger partial charge is 0.497 e. The van der Waals surface area contributed by atoms with Crippen molar-refractivity contribution in [3.63, 3.8) is 0 Å². The van der Waals surface area contributed by atoms with E-state index in [1.807, 2.05) is 48.3 Å². The maximum atomic E-state index is 12.7. The fourth-order valence-electron chi connectivity index (χ4n) is 2.74. The Bertz CT molecular complexity index is 1110. The minimum absolute atomic E-state index is 0.150. The average molecular weight is 384 g/mol. The highest BCUT2D eigenvalue weighted by Crippen LogP contribution is 2.34. The molecule has 3 heterocycles. The van der Waals surface area contributed by atoms with Crippen LogP contribution in [0.1, 0.15) is 15.2 Å². The summed E-state index contributed by atoms with van der Waals surface area (Å²) >= 11 is 2.86. The van der Waals surface area contributed by atoms with Crippen LogP contribution in [0.2, 0.25) is 0 Å². The maximum Gasteiger partial charge on any atom is 0.267 e. The summed E-state index contributed by atoms with van der Waals surface area (Å²) in [7, 11) is 3.55. The molecule has 8 heteroatoms. The number of amides is 1. The van der Waals surface area contributed by atoms with Crippen molar-refractivity contribution in [3.05, 3.63) is 46.4 Å². The van der Waals surface area contributed by atoms with Gasteiger partial charge in [0.25, 0.3) is 5.91 Å². The Kier molecular flexibility index (Phi) is 4.21. The molecule has 0 unspecified atom stereocenters. The first-order chi connectivity index (χ1) is 12.6. The molecule has 1 amide bonds. The van der Waals surface area contributed by atoms with Gasteiger partial charge in [-0.25, -0.2) is 9.97 Å². The molecule has 0 aliphatic carbocycles. The summed E-state index contributed by atoms with van der Waals surface area (Å²) < 4.78 is 8.23. The smallest absolute Gasteiger partial charge is 0.267 e. The summed E-state index contributed by atoms with van der Waals surface area (Å²) in [6, 6.07) is 5.84. The molecule has 26 heavy (non-hydrogen) atoms. The van der Waals surface area contributed by atoms with Gasteiger partial charge in [0, 0.05) is 29.5 Å². The van der Waals surface area contributed by atoms with Crippen molar-refractivity contribution < 1.29 is 9.53 Å². The second-order valence-corrected chi connectivity index (χ2v) is 7.68. The van der Waals surface area contributed by atoms with Gasteiger partial charge in [0.1, 0.15) is 11.4 Å². The summed E-state index contributed by atoms with van der Waals surface area (Å²) in [5, 5.41) is 6.38. The third kappa shape index (κ3) is 2.87. The number of carbonyl (C=O) groups is 1. The third-order valence-corrected chi connectivity index (χ3v) is 6.15. The van der Waals surface area contributed by atoms with Crippen molar-refractivity contribution in [2.75, 3.05) is 12.4 Å². The van der Waals surface area contributed by atoms with Gasteiger partial charge in [-0.3, -0.25) is 10.1 Å². The molecule has 0 aliphatic heterocycles. The second kappa shape index (κ2) is 6.54. The summed E-state index contributed by atoms with van der Waals surface area (Å²) in [6.45, 7) is 1.95. The highest BCUT2D eigenvalue weighted by Gasteiger charge is 2.18. The molecule has 4 rings (SSSR count). The molecule has 1 N–H and O–H groups in total. The number of ether oxygens (including phenoxy) is 1. The zero-order valence-electron chi connectivity index (χ0n) is 14.4. The van der Waals surface area contributed by atoms with Crippen molar-refractivity contribution >= 4 is 43.8 Å². The molecular weight excluding hydrogens is 368 g/mol. The molecule has 3 aromatic heterocycles. The van der Waals surface area contributed by atoms with Crippen LogP contribution >= 0.6 is 22.7 Å². The molecule has 132 valence electrons. The topological polar surface area (TPSA) is 69.0 Å². The molecule has 0 fully saturated rings. The molecule has 0 atom stereocenters. The lowest BCUT2D eigenvalue weighted by atomic mass is 10.1. The van der Waals surface area contributed by atoms with E-state index in [-0.39, 0.29) is 5.91 Å². The first-order valence-electron chi connectivity index (χ1n) is 7.88. The quantitative estimate of drug-likeness (QED) is 0.569. The number of rotatable bonds is 4. The van der Waals surface area contributed by atoms with Gasteiger partial charge < -0.3 is 9.30 Å². The third-order valence-electron chi connectivity index (χ3n) is 4.12. The molecule has 6 nitrogen and oxygen atoms in total. The van der Waals surface area contributed by atoms with Gasteiger partial charge in [-0.1, -0.05) is 0 Å². The van der Waals surface area contributed by atoms with E-state index in [2.05, 4.69) is 15.3 Å². The van der Waals surface area contributed by atoms with Gasteiger partial charge in [0.15, 0.2) is 11.0 Å². The number of fused-ring (bicyclic) bond motifs is 1. The molecule has 0 bridgehead atoms. The Labute approximate surface area is 158 Å². The van der Waals surface area contributed by atoms with Gasteiger partial charge in [0.05, 0.1) is 12.0 Å². The number of benzene rings is 1.